The van der Waals surface area contributed by atoms with Crippen molar-refractivity contribution in [2.45, 2.75) is 26.4 Å². The fourth-order valence-electron chi connectivity index (χ4n) is 4.04. The lowest BCUT2D eigenvalue weighted by atomic mass is 10.2. The van der Waals surface area contributed by atoms with Crippen LogP contribution in [0.5, 0.6) is 11.5 Å². The van der Waals surface area contributed by atoms with Crippen molar-refractivity contribution in [2.75, 3.05) is 17.2 Å². The molecule has 0 saturated carbocycles. The number of H-pyrrole nitrogens is 1. The number of nitrogens with one attached hydrogen (secondary N) is 3. The van der Waals surface area contributed by atoms with Crippen LogP contribution in [0.25, 0.3) is 16.7 Å². The lowest BCUT2D eigenvalue weighted by Gasteiger charge is -2.13. The summed E-state index contributed by atoms with van der Waals surface area (Å²) < 4.78 is 35.9. The number of carbonyl (C=O) groups is 1. The summed E-state index contributed by atoms with van der Waals surface area (Å²) in [5.41, 5.74) is -2.07. The maximum atomic E-state index is 15.1. The molecule has 42 heavy (non-hydrogen) atoms. The van der Waals surface area contributed by atoms with E-state index in [9.17, 15) is 23.9 Å². The van der Waals surface area contributed by atoms with Crippen molar-refractivity contribution in [1.29, 1.82) is 0 Å². The highest BCUT2D eigenvalue weighted by Crippen LogP contribution is 2.34. The lowest BCUT2D eigenvalue weighted by Crippen LogP contribution is -2.44. The maximum Gasteiger partial charge on any atom is 0.352 e. The second kappa shape index (κ2) is 11.6. The first kappa shape index (κ1) is 28.1. The van der Waals surface area contributed by atoms with Crippen LogP contribution in [0.1, 0.15) is 24.3 Å². The average molecular weight is 579 g/mol. The number of carbonyl (C=O) groups excluding carboxylic acids is 1. The minimum atomic E-state index is -1.03. The van der Waals surface area contributed by atoms with E-state index in [1.807, 2.05) is 0 Å². The van der Waals surface area contributed by atoms with Crippen LogP contribution in [0, 0.1) is 11.6 Å². The molecule has 5 aromatic rings. The van der Waals surface area contributed by atoms with Gasteiger partial charge in [-0.3, -0.25) is 14.7 Å². The molecule has 3 aromatic heterocycles. The van der Waals surface area contributed by atoms with Gasteiger partial charge in [-0.1, -0.05) is 0 Å². The van der Waals surface area contributed by atoms with Crippen LogP contribution in [0.15, 0.2) is 64.3 Å². The van der Waals surface area contributed by atoms with Gasteiger partial charge in [0.05, 0.1) is 12.3 Å². The normalized spacial score (nSPS) is 11.8. The van der Waals surface area contributed by atoms with Crippen molar-refractivity contribution in [2.24, 2.45) is 0 Å². The predicted molar refractivity (Wildman–Crippen MR) is 148 cm³/mol. The van der Waals surface area contributed by atoms with E-state index in [1.165, 1.54) is 36.5 Å². The van der Waals surface area contributed by atoms with Gasteiger partial charge in [0.25, 0.3) is 11.5 Å². The van der Waals surface area contributed by atoms with Gasteiger partial charge in [0.15, 0.2) is 23.0 Å². The van der Waals surface area contributed by atoms with E-state index in [2.05, 4.69) is 30.9 Å². The molecule has 0 fully saturated rings. The third-order valence-corrected chi connectivity index (χ3v) is 6.13. The first-order valence-corrected chi connectivity index (χ1v) is 12.7. The Hall–Kier alpha value is -5.44. The Morgan fingerprint density at radius 2 is 1.88 bits per heavy atom. The summed E-state index contributed by atoms with van der Waals surface area (Å²) in [4.78, 5) is 43.1. The standard InChI is InChI=1S/C27H24F2N8O5/c1-3-36-27(41)37(17-7-4-15(28)5-8-17)26(40)22(35-36)25(39)32-16-6-9-19(18(29)12-16)42-20-10-11-30-23-21(20)24(34-33-23)31-14(2)13-38/h4-12,14,38H,3,13H2,1-2H3,(H,32,39)(H2,30,31,33,34). The summed E-state index contributed by atoms with van der Waals surface area (Å²) in [7, 11) is 0. The summed E-state index contributed by atoms with van der Waals surface area (Å²) in [6, 6.07) is 9.39. The van der Waals surface area contributed by atoms with Crippen LogP contribution in [0.3, 0.4) is 0 Å². The van der Waals surface area contributed by atoms with E-state index in [4.69, 9.17) is 4.74 Å². The minimum absolute atomic E-state index is 0.0176. The predicted octanol–water partition coefficient (Wildman–Crippen LogP) is 2.80. The van der Waals surface area contributed by atoms with Gasteiger partial charge in [0.1, 0.15) is 17.0 Å². The zero-order chi connectivity index (χ0) is 30.0. The Bertz CT molecular complexity index is 1900. The molecule has 0 bridgehead atoms. The van der Waals surface area contributed by atoms with Crippen LogP contribution < -0.4 is 26.6 Å². The number of ether oxygens (including phenoxy) is 1. The van der Waals surface area contributed by atoms with Gasteiger partial charge >= 0.3 is 5.69 Å². The Morgan fingerprint density at radius 3 is 2.57 bits per heavy atom. The van der Waals surface area contributed by atoms with Gasteiger partial charge in [0, 0.05) is 36.6 Å². The highest BCUT2D eigenvalue weighted by molar-refractivity contribution is 6.02. The molecule has 0 aliphatic rings. The molecule has 216 valence electrons. The van der Waals surface area contributed by atoms with Gasteiger partial charge in [-0.15, -0.1) is 0 Å². The number of aliphatic hydroxyl groups is 1. The van der Waals surface area contributed by atoms with Crippen molar-refractivity contribution >= 4 is 28.4 Å². The number of hydrogen-bond donors (Lipinski definition) is 4. The smallest absolute Gasteiger partial charge is 0.352 e. The van der Waals surface area contributed by atoms with Crippen molar-refractivity contribution in [3.8, 4) is 17.2 Å². The van der Waals surface area contributed by atoms with E-state index in [1.54, 1.807) is 13.8 Å². The molecule has 0 saturated heterocycles. The Kier molecular flexibility index (Phi) is 7.75. The molecule has 1 atom stereocenters. The van der Waals surface area contributed by atoms with E-state index in [0.29, 0.717) is 21.4 Å². The molecule has 3 heterocycles. The quantitative estimate of drug-likeness (QED) is 0.205. The zero-order valence-electron chi connectivity index (χ0n) is 22.3. The summed E-state index contributed by atoms with van der Waals surface area (Å²) in [5, 5.41) is 26.0. The summed E-state index contributed by atoms with van der Waals surface area (Å²) in [5.74, 6) is -2.01. The highest BCUT2D eigenvalue weighted by atomic mass is 19.1. The van der Waals surface area contributed by atoms with Crippen LogP contribution in [-0.4, -0.2) is 53.2 Å². The third kappa shape index (κ3) is 5.44. The molecule has 0 aliphatic heterocycles. The number of nitrogens with zero attached hydrogens (tertiary/aromatic N) is 5. The van der Waals surface area contributed by atoms with Gasteiger partial charge in [-0.25, -0.2) is 27.8 Å². The second-order valence-electron chi connectivity index (χ2n) is 9.10. The average Bonchev–Trinajstić information content (AvgIpc) is 3.39. The van der Waals surface area contributed by atoms with E-state index in [-0.39, 0.29) is 42.1 Å². The second-order valence-corrected chi connectivity index (χ2v) is 9.10. The molecule has 15 heteroatoms. The van der Waals surface area contributed by atoms with Crippen LogP contribution in [0.2, 0.25) is 0 Å². The Balaban J connectivity index is 1.42. The number of anilines is 2. The first-order chi connectivity index (χ1) is 20.2. The Labute approximate surface area is 235 Å². The number of halogens is 2. The number of rotatable bonds is 9. The number of aliphatic hydroxyl groups excluding tert-OH is 1. The molecule has 4 N–H and O–H groups in total. The number of aromatic amines is 1. The molecular weight excluding hydrogens is 554 g/mol. The van der Waals surface area contributed by atoms with Crippen molar-refractivity contribution in [3.63, 3.8) is 0 Å². The number of aromatic nitrogens is 6. The van der Waals surface area contributed by atoms with Crippen LogP contribution >= 0.6 is 0 Å². The molecule has 1 amide bonds. The molecule has 0 aliphatic carbocycles. The zero-order valence-corrected chi connectivity index (χ0v) is 22.3. The van der Waals surface area contributed by atoms with E-state index < -0.39 is 34.5 Å². The monoisotopic (exact) mass is 578 g/mol. The fourth-order valence-corrected chi connectivity index (χ4v) is 4.04. The molecule has 13 nitrogen and oxygen atoms in total. The highest BCUT2D eigenvalue weighted by Gasteiger charge is 2.21. The number of pyridine rings is 1. The van der Waals surface area contributed by atoms with E-state index in [0.717, 1.165) is 22.9 Å². The van der Waals surface area contributed by atoms with Gasteiger partial charge in [0.2, 0.25) is 5.69 Å². The number of hydrogen-bond acceptors (Lipinski definition) is 9. The van der Waals surface area contributed by atoms with Crippen molar-refractivity contribution < 1.29 is 23.4 Å². The first-order valence-electron chi connectivity index (χ1n) is 12.7. The summed E-state index contributed by atoms with van der Waals surface area (Å²) in [6.07, 6.45) is 1.45. The number of benzene rings is 2. The number of amides is 1. The van der Waals surface area contributed by atoms with E-state index >= 15 is 4.39 Å². The van der Waals surface area contributed by atoms with Crippen LogP contribution in [0.4, 0.5) is 20.3 Å². The summed E-state index contributed by atoms with van der Waals surface area (Å²) >= 11 is 0. The minimum Gasteiger partial charge on any atom is -0.453 e. The molecule has 0 spiro atoms. The van der Waals surface area contributed by atoms with Gasteiger partial charge < -0.3 is 20.5 Å². The summed E-state index contributed by atoms with van der Waals surface area (Å²) in [6.45, 7) is 3.22. The maximum absolute atomic E-state index is 15.1. The third-order valence-electron chi connectivity index (χ3n) is 6.13. The lowest BCUT2D eigenvalue weighted by molar-refractivity contribution is 0.101. The molecule has 2 aromatic carbocycles. The van der Waals surface area contributed by atoms with Crippen molar-refractivity contribution in [3.05, 3.63) is 92.9 Å². The topological polar surface area (TPSA) is 169 Å². The number of fused-ring (bicyclic) bond motifs is 1. The number of aryl methyl sites for hydroxylation is 1. The molecule has 0 radical (unpaired) electrons. The SMILES string of the molecule is CCn1nc(C(=O)Nc2ccc(Oc3ccnc4[nH]nc(NC(C)CO)c34)c(F)c2)c(=O)n(-c2ccc(F)cc2)c1=O. The fraction of sp³-hybridized carbons (Fsp3) is 0.185. The Morgan fingerprint density at radius 1 is 1.12 bits per heavy atom. The molecule has 5 rings (SSSR count). The molecular formula is C27H24F2N8O5. The molecule has 1 unspecified atom stereocenters. The van der Waals surface area contributed by atoms with Gasteiger partial charge in [-0.05, 0) is 50.2 Å². The van der Waals surface area contributed by atoms with Crippen LogP contribution in [-0.2, 0) is 6.54 Å². The van der Waals surface area contributed by atoms with Crippen molar-refractivity contribution in [1.82, 2.24) is 29.5 Å². The van der Waals surface area contributed by atoms with Gasteiger partial charge in [-0.2, -0.15) is 10.2 Å². The largest absolute Gasteiger partial charge is 0.453 e.